The summed E-state index contributed by atoms with van der Waals surface area (Å²) in [5.74, 6) is -1.70. The molecule has 3 atom stereocenters. The number of carbonyl (C=O) groups is 3. The molecule has 3 N–H and O–H groups in total. The maximum absolute atomic E-state index is 14.5. The van der Waals surface area contributed by atoms with Gasteiger partial charge in [-0.15, -0.1) is 0 Å². The van der Waals surface area contributed by atoms with Gasteiger partial charge in [0, 0.05) is 13.3 Å². The smallest absolute Gasteiger partial charge is 0.382 e. The molecule has 16 heteroatoms. The average molecular weight is 586 g/mol. The van der Waals surface area contributed by atoms with Crippen LogP contribution in [0.4, 0.5) is 28.2 Å². The molecular formula is C25H31F4N7O5. The molecule has 1 aliphatic heterocycles. The summed E-state index contributed by atoms with van der Waals surface area (Å²) >= 11 is 0. The molecule has 41 heavy (non-hydrogen) atoms. The Morgan fingerprint density at radius 2 is 2.00 bits per heavy atom. The van der Waals surface area contributed by atoms with E-state index < -0.39 is 60.3 Å². The molecule has 1 aliphatic carbocycles. The van der Waals surface area contributed by atoms with Gasteiger partial charge >= 0.3 is 12.2 Å². The highest BCUT2D eigenvalue weighted by Gasteiger charge is 2.48. The summed E-state index contributed by atoms with van der Waals surface area (Å²) in [5, 5.41) is 14.4. The first-order valence-electron chi connectivity index (χ1n) is 13.0. The van der Waals surface area contributed by atoms with E-state index in [1.807, 2.05) is 5.32 Å². The number of nitrogens with one attached hydrogen (secondary N) is 3. The van der Waals surface area contributed by atoms with Gasteiger partial charge in [0.1, 0.15) is 29.3 Å². The second-order valence-electron chi connectivity index (χ2n) is 10.5. The van der Waals surface area contributed by atoms with Crippen LogP contribution in [-0.2, 0) is 9.53 Å². The monoisotopic (exact) mass is 585 g/mol. The van der Waals surface area contributed by atoms with Crippen molar-refractivity contribution in [3.8, 4) is 0 Å². The fourth-order valence-corrected chi connectivity index (χ4v) is 5.08. The lowest BCUT2D eigenvalue weighted by molar-refractivity contribution is -0.150. The highest BCUT2D eigenvalue weighted by Crippen LogP contribution is 2.37. The van der Waals surface area contributed by atoms with Crippen molar-refractivity contribution >= 4 is 23.7 Å². The van der Waals surface area contributed by atoms with E-state index in [9.17, 15) is 31.9 Å². The lowest BCUT2D eigenvalue weighted by Gasteiger charge is -2.35. The third-order valence-electron chi connectivity index (χ3n) is 7.43. The van der Waals surface area contributed by atoms with Crippen molar-refractivity contribution < 1.29 is 41.3 Å². The number of alkyl halides is 4. The number of hydrogen-bond acceptors (Lipinski definition) is 8. The van der Waals surface area contributed by atoms with Crippen molar-refractivity contribution in [3.05, 3.63) is 35.3 Å². The number of aromatic nitrogens is 3. The Morgan fingerprint density at radius 1 is 1.29 bits per heavy atom. The molecule has 2 fully saturated rings. The number of nitrogens with zero attached hydrogens (tertiary/aromatic N) is 4. The van der Waals surface area contributed by atoms with Crippen LogP contribution in [0, 0.1) is 12.8 Å². The lowest BCUT2D eigenvalue weighted by atomic mass is 9.77. The largest absolute Gasteiger partial charge is 0.410 e. The Hall–Kier alpha value is -3.82. The summed E-state index contributed by atoms with van der Waals surface area (Å²) in [7, 11) is 1.35. The van der Waals surface area contributed by atoms with Crippen molar-refractivity contribution in [2.24, 2.45) is 5.92 Å². The molecular weight excluding hydrogens is 554 g/mol. The van der Waals surface area contributed by atoms with Gasteiger partial charge in [-0.05, 0) is 68.3 Å². The van der Waals surface area contributed by atoms with Crippen molar-refractivity contribution in [2.45, 2.75) is 69.5 Å². The van der Waals surface area contributed by atoms with Crippen LogP contribution in [0.2, 0.25) is 0 Å². The molecule has 4 amide bonds. The highest BCUT2D eigenvalue weighted by molar-refractivity contribution is 6.00. The van der Waals surface area contributed by atoms with Crippen LogP contribution in [-0.4, -0.2) is 82.2 Å². The molecule has 2 aromatic rings. The van der Waals surface area contributed by atoms with Crippen LogP contribution < -0.4 is 16.0 Å². The van der Waals surface area contributed by atoms with Gasteiger partial charge in [0.25, 0.3) is 5.91 Å². The Labute approximate surface area is 232 Å². The molecule has 0 aromatic carbocycles. The first-order chi connectivity index (χ1) is 19.3. The third-order valence-corrected chi connectivity index (χ3v) is 7.43. The highest BCUT2D eigenvalue weighted by atomic mass is 19.4. The lowest BCUT2D eigenvalue weighted by Crippen LogP contribution is -2.50. The average Bonchev–Trinajstić information content (AvgIpc) is 3.51. The van der Waals surface area contributed by atoms with Gasteiger partial charge in [0.2, 0.25) is 5.91 Å². The molecule has 1 unspecified atom stereocenters. The second-order valence-corrected chi connectivity index (χ2v) is 10.5. The SMILES string of the molecule is COC[C@H](c1ccnc(NC(=O)C(NC(=O)c2nonc2C)C2CCC(C)(F)CC2)c1)N1C[C@@H](C(F)(F)F)NC1=O. The van der Waals surface area contributed by atoms with Gasteiger partial charge in [-0.3, -0.25) is 9.59 Å². The summed E-state index contributed by atoms with van der Waals surface area (Å²) in [4.78, 5) is 43.9. The molecule has 2 aliphatic rings. The van der Waals surface area contributed by atoms with Crippen molar-refractivity contribution in [1.29, 1.82) is 0 Å². The molecule has 0 spiro atoms. The number of ether oxygens (including phenoxy) is 1. The molecule has 1 saturated heterocycles. The standard InChI is InChI=1S/C25H31F4N7O5/c1-13-19(35-41-34-13)21(37)33-20(14-4-7-24(2,26)8-5-14)22(38)32-18-10-15(6-9-30-18)16(12-40-3)36-11-17(25(27,28)29)31-23(36)39/h6,9-10,14,16-17,20H,4-5,7-8,11-12H2,1-3H3,(H,31,39)(H,33,37)(H,30,32,38)/t14?,16-,17+,20?,24?/m1/s1. The van der Waals surface area contributed by atoms with Crippen LogP contribution in [0.1, 0.15) is 60.4 Å². The number of hydrogen-bond donors (Lipinski definition) is 3. The number of methoxy groups -OCH3 is 1. The van der Waals surface area contributed by atoms with Crippen molar-refractivity contribution in [2.75, 3.05) is 25.6 Å². The molecule has 1 saturated carbocycles. The van der Waals surface area contributed by atoms with Crippen LogP contribution in [0.5, 0.6) is 0 Å². The minimum atomic E-state index is -4.63. The number of rotatable bonds is 9. The molecule has 0 radical (unpaired) electrons. The Morgan fingerprint density at radius 3 is 2.59 bits per heavy atom. The van der Waals surface area contributed by atoms with Gasteiger partial charge in [-0.1, -0.05) is 5.16 Å². The molecule has 4 rings (SSSR count). The fourth-order valence-electron chi connectivity index (χ4n) is 5.08. The van der Waals surface area contributed by atoms with Gasteiger partial charge in [0.05, 0.1) is 19.2 Å². The fraction of sp³-hybridized carbons (Fsp3) is 0.600. The number of aryl methyl sites for hydroxylation is 1. The predicted octanol–water partition coefficient (Wildman–Crippen LogP) is 3.07. The zero-order chi connectivity index (χ0) is 29.9. The van der Waals surface area contributed by atoms with Crippen molar-refractivity contribution in [3.63, 3.8) is 0 Å². The number of anilines is 1. The van der Waals surface area contributed by atoms with Gasteiger partial charge < -0.3 is 25.6 Å². The number of carbonyl (C=O) groups excluding carboxylic acids is 3. The summed E-state index contributed by atoms with van der Waals surface area (Å²) < 4.78 is 64.0. The van der Waals surface area contributed by atoms with E-state index in [-0.39, 0.29) is 36.7 Å². The molecule has 224 valence electrons. The summed E-state index contributed by atoms with van der Waals surface area (Å²) in [6, 6.07) is -2.04. The molecule has 0 bridgehead atoms. The van der Waals surface area contributed by atoms with E-state index in [1.54, 1.807) is 0 Å². The number of urea groups is 1. The number of pyridine rings is 1. The van der Waals surface area contributed by atoms with Crippen LogP contribution in [0.25, 0.3) is 0 Å². The zero-order valence-corrected chi connectivity index (χ0v) is 22.6. The minimum absolute atomic E-state index is 0.0326. The number of halogens is 4. The molecule has 12 nitrogen and oxygen atoms in total. The van der Waals surface area contributed by atoms with Crippen LogP contribution >= 0.6 is 0 Å². The first kappa shape index (κ1) is 30.1. The Kier molecular flexibility index (Phi) is 8.80. The predicted molar refractivity (Wildman–Crippen MR) is 134 cm³/mol. The maximum atomic E-state index is 14.5. The Balaban J connectivity index is 1.54. The quantitative estimate of drug-likeness (QED) is 0.380. The van der Waals surface area contributed by atoms with E-state index in [0.29, 0.717) is 18.4 Å². The van der Waals surface area contributed by atoms with Gasteiger partial charge in [-0.2, -0.15) is 13.2 Å². The van der Waals surface area contributed by atoms with E-state index in [0.717, 1.165) is 4.90 Å². The minimum Gasteiger partial charge on any atom is -0.382 e. The molecule has 3 heterocycles. The molecule has 2 aromatic heterocycles. The van der Waals surface area contributed by atoms with E-state index >= 15 is 0 Å². The second kappa shape index (κ2) is 12.0. The maximum Gasteiger partial charge on any atom is 0.410 e. The third kappa shape index (κ3) is 7.10. The van der Waals surface area contributed by atoms with E-state index in [2.05, 4.69) is 30.6 Å². The van der Waals surface area contributed by atoms with Crippen LogP contribution in [0.3, 0.4) is 0 Å². The van der Waals surface area contributed by atoms with E-state index in [1.165, 1.54) is 39.3 Å². The summed E-state index contributed by atoms with van der Waals surface area (Å²) in [6.45, 7) is 2.26. The summed E-state index contributed by atoms with van der Waals surface area (Å²) in [6.07, 6.45) is -2.24. The Bertz CT molecular complexity index is 1260. The summed E-state index contributed by atoms with van der Waals surface area (Å²) in [5.41, 5.74) is -0.893. The van der Waals surface area contributed by atoms with Gasteiger partial charge in [-0.25, -0.2) is 18.8 Å². The normalized spacial score (nSPS) is 24.5. The first-order valence-corrected chi connectivity index (χ1v) is 13.0. The van der Waals surface area contributed by atoms with Crippen molar-refractivity contribution in [1.82, 2.24) is 30.8 Å². The zero-order valence-electron chi connectivity index (χ0n) is 22.6. The topological polar surface area (TPSA) is 152 Å². The number of amides is 4. The van der Waals surface area contributed by atoms with Gasteiger partial charge in [0.15, 0.2) is 5.69 Å². The van der Waals surface area contributed by atoms with Crippen LogP contribution in [0.15, 0.2) is 23.0 Å². The van der Waals surface area contributed by atoms with E-state index in [4.69, 9.17) is 4.74 Å².